The van der Waals surface area contributed by atoms with E-state index in [4.69, 9.17) is 4.74 Å². The molecule has 0 saturated heterocycles. The van der Waals surface area contributed by atoms with E-state index in [1.54, 1.807) is 12.1 Å². The highest BCUT2D eigenvalue weighted by Gasteiger charge is 2.39. The zero-order valence-corrected chi connectivity index (χ0v) is 11.2. The van der Waals surface area contributed by atoms with Crippen LogP contribution in [0.3, 0.4) is 0 Å². The lowest BCUT2D eigenvalue weighted by atomic mass is 10.1. The van der Waals surface area contributed by atoms with Gasteiger partial charge in [0.05, 0.1) is 14.2 Å². The minimum Gasteiger partial charge on any atom is -0.497 e. The molecule has 1 atom stereocenters. The van der Waals surface area contributed by atoms with Crippen LogP contribution in [0, 0.1) is 0 Å². The average molecular weight is 291 g/mol. The highest BCUT2D eigenvalue weighted by molar-refractivity contribution is 5.69. The fraction of sp³-hybridized carbons (Fsp3) is 0.462. The number of nitrogens with one attached hydrogen (secondary N) is 1. The summed E-state index contributed by atoms with van der Waals surface area (Å²) in [4.78, 5) is 10.9. The molecule has 1 rings (SSSR count). The summed E-state index contributed by atoms with van der Waals surface area (Å²) < 4.78 is 47.9. The Morgan fingerprint density at radius 3 is 2.30 bits per heavy atom. The van der Waals surface area contributed by atoms with Gasteiger partial charge in [0.1, 0.15) is 11.8 Å². The fourth-order valence-corrected chi connectivity index (χ4v) is 1.57. The molecule has 0 aliphatic heterocycles. The smallest absolute Gasteiger partial charge is 0.408 e. The Balaban J connectivity index is 2.71. The van der Waals surface area contributed by atoms with Gasteiger partial charge in [-0.15, -0.1) is 0 Å². The molecule has 0 saturated carbocycles. The summed E-state index contributed by atoms with van der Waals surface area (Å²) in [6.07, 6.45) is -5.14. The lowest BCUT2D eigenvalue weighted by Crippen LogP contribution is -2.36. The summed E-state index contributed by atoms with van der Waals surface area (Å²) in [7, 11) is 2.61. The molecular weight excluding hydrogens is 275 g/mol. The van der Waals surface area contributed by atoms with Gasteiger partial charge in [-0.3, -0.25) is 4.79 Å². The van der Waals surface area contributed by atoms with E-state index < -0.39 is 18.2 Å². The first kappa shape index (κ1) is 16.1. The molecule has 1 aromatic rings. The molecule has 0 aliphatic carbocycles. The molecule has 0 amide bonds. The van der Waals surface area contributed by atoms with Crippen LogP contribution in [-0.4, -0.2) is 32.4 Å². The van der Waals surface area contributed by atoms with Crippen molar-refractivity contribution in [2.45, 2.75) is 25.1 Å². The number of esters is 1. The number of methoxy groups -OCH3 is 2. The molecule has 0 fully saturated rings. The van der Waals surface area contributed by atoms with Gasteiger partial charge in [0, 0.05) is 12.1 Å². The van der Waals surface area contributed by atoms with Crippen LogP contribution in [0.2, 0.25) is 0 Å². The van der Waals surface area contributed by atoms with Gasteiger partial charge < -0.3 is 14.8 Å². The van der Waals surface area contributed by atoms with E-state index in [-0.39, 0.29) is 12.8 Å². The Bertz CT molecular complexity index is 431. The number of carbonyl (C=O) groups is 1. The Morgan fingerprint density at radius 1 is 1.25 bits per heavy atom. The van der Waals surface area contributed by atoms with Crippen molar-refractivity contribution in [3.05, 3.63) is 24.3 Å². The molecule has 112 valence electrons. The highest BCUT2D eigenvalue weighted by atomic mass is 19.4. The third-order valence-corrected chi connectivity index (χ3v) is 2.69. The average Bonchev–Trinajstić information content (AvgIpc) is 2.42. The molecule has 0 heterocycles. The second kappa shape index (κ2) is 7.02. The van der Waals surface area contributed by atoms with Gasteiger partial charge in [0.15, 0.2) is 0 Å². The van der Waals surface area contributed by atoms with Crippen LogP contribution in [0.4, 0.5) is 18.9 Å². The lowest BCUT2D eigenvalue weighted by Gasteiger charge is -2.22. The van der Waals surface area contributed by atoms with Crippen molar-refractivity contribution in [3.63, 3.8) is 0 Å². The van der Waals surface area contributed by atoms with E-state index in [2.05, 4.69) is 10.1 Å². The van der Waals surface area contributed by atoms with E-state index in [9.17, 15) is 18.0 Å². The number of carbonyl (C=O) groups excluding carboxylic acids is 1. The normalized spacial score (nSPS) is 12.7. The number of hydrogen-bond donors (Lipinski definition) is 1. The maximum absolute atomic E-state index is 12.9. The van der Waals surface area contributed by atoms with Crippen molar-refractivity contribution in [1.82, 2.24) is 0 Å². The highest BCUT2D eigenvalue weighted by Crippen LogP contribution is 2.27. The topological polar surface area (TPSA) is 47.6 Å². The van der Waals surface area contributed by atoms with Crippen LogP contribution in [0.15, 0.2) is 24.3 Å². The van der Waals surface area contributed by atoms with Crippen LogP contribution in [-0.2, 0) is 9.53 Å². The molecule has 0 aromatic heterocycles. The van der Waals surface area contributed by atoms with Crippen molar-refractivity contribution in [1.29, 1.82) is 0 Å². The summed E-state index contributed by atoms with van der Waals surface area (Å²) in [5.74, 6) is -0.121. The summed E-state index contributed by atoms with van der Waals surface area (Å²) in [5, 5.41) is 2.36. The number of alkyl halides is 3. The first-order valence-corrected chi connectivity index (χ1v) is 5.91. The second-order valence-corrected chi connectivity index (χ2v) is 4.08. The molecule has 0 radical (unpaired) electrons. The van der Waals surface area contributed by atoms with E-state index in [1.807, 2.05) is 0 Å². The van der Waals surface area contributed by atoms with Gasteiger partial charge >= 0.3 is 12.1 Å². The molecule has 0 aliphatic rings. The molecule has 0 spiro atoms. The van der Waals surface area contributed by atoms with Gasteiger partial charge in [-0.1, -0.05) is 0 Å². The molecule has 1 N–H and O–H groups in total. The van der Waals surface area contributed by atoms with E-state index in [1.165, 1.54) is 19.2 Å². The lowest BCUT2D eigenvalue weighted by molar-refractivity contribution is -0.149. The third-order valence-electron chi connectivity index (χ3n) is 2.69. The number of anilines is 1. The van der Waals surface area contributed by atoms with Crippen molar-refractivity contribution < 1.29 is 27.4 Å². The zero-order chi connectivity index (χ0) is 15.2. The maximum atomic E-state index is 12.9. The molecule has 7 heteroatoms. The number of rotatable bonds is 6. The largest absolute Gasteiger partial charge is 0.497 e. The summed E-state index contributed by atoms with van der Waals surface area (Å²) in [6.45, 7) is 0. The number of halogens is 3. The monoisotopic (exact) mass is 291 g/mol. The summed E-state index contributed by atoms with van der Waals surface area (Å²) >= 11 is 0. The molecule has 20 heavy (non-hydrogen) atoms. The van der Waals surface area contributed by atoms with Gasteiger partial charge in [-0.2, -0.15) is 13.2 Å². The van der Waals surface area contributed by atoms with Crippen molar-refractivity contribution in [3.8, 4) is 5.75 Å². The molecule has 1 aromatic carbocycles. The van der Waals surface area contributed by atoms with Crippen molar-refractivity contribution in [2.24, 2.45) is 0 Å². The van der Waals surface area contributed by atoms with E-state index >= 15 is 0 Å². The van der Waals surface area contributed by atoms with Crippen LogP contribution in [0.5, 0.6) is 5.75 Å². The Labute approximate surface area is 114 Å². The minimum atomic E-state index is -4.45. The summed E-state index contributed by atoms with van der Waals surface area (Å²) in [5.41, 5.74) is 0.304. The van der Waals surface area contributed by atoms with Gasteiger partial charge in [-0.05, 0) is 30.7 Å². The molecular formula is C13H16F3NO3. The zero-order valence-electron chi connectivity index (χ0n) is 11.2. The van der Waals surface area contributed by atoms with Gasteiger partial charge in [0.25, 0.3) is 0 Å². The molecule has 1 unspecified atom stereocenters. The van der Waals surface area contributed by atoms with Gasteiger partial charge in [0.2, 0.25) is 0 Å². The predicted octanol–water partition coefficient (Wildman–Crippen LogP) is 2.99. The van der Waals surface area contributed by atoms with E-state index in [0.29, 0.717) is 11.4 Å². The van der Waals surface area contributed by atoms with E-state index in [0.717, 1.165) is 7.11 Å². The van der Waals surface area contributed by atoms with Crippen LogP contribution in [0.1, 0.15) is 12.8 Å². The minimum absolute atomic E-state index is 0.302. The van der Waals surface area contributed by atoms with Gasteiger partial charge in [-0.25, -0.2) is 0 Å². The first-order chi connectivity index (χ1) is 9.36. The Morgan fingerprint density at radius 2 is 1.85 bits per heavy atom. The number of ether oxygens (including phenoxy) is 2. The SMILES string of the molecule is COC(=O)CCC(Nc1ccc(OC)cc1)C(F)(F)F. The van der Waals surface area contributed by atoms with Crippen LogP contribution < -0.4 is 10.1 Å². The van der Waals surface area contributed by atoms with Crippen molar-refractivity contribution in [2.75, 3.05) is 19.5 Å². The third kappa shape index (κ3) is 4.99. The fourth-order valence-electron chi connectivity index (χ4n) is 1.57. The Kier molecular flexibility index (Phi) is 5.66. The van der Waals surface area contributed by atoms with Crippen molar-refractivity contribution >= 4 is 11.7 Å². The molecule has 4 nitrogen and oxygen atoms in total. The predicted molar refractivity (Wildman–Crippen MR) is 67.7 cm³/mol. The quantitative estimate of drug-likeness (QED) is 0.819. The van der Waals surface area contributed by atoms with Crippen LogP contribution >= 0.6 is 0 Å². The standard InChI is InChI=1S/C13H16F3NO3/c1-19-10-5-3-9(4-6-10)17-11(13(14,15)16)7-8-12(18)20-2/h3-6,11,17H,7-8H2,1-2H3. The number of benzene rings is 1. The maximum Gasteiger partial charge on any atom is 0.408 e. The second-order valence-electron chi connectivity index (χ2n) is 4.08. The first-order valence-electron chi connectivity index (χ1n) is 5.91. The van der Waals surface area contributed by atoms with Crippen LogP contribution in [0.25, 0.3) is 0 Å². The Hall–Kier alpha value is -1.92. The molecule has 0 bridgehead atoms. The number of hydrogen-bond acceptors (Lipinski definition) is 4. The summed E-state index contributed by atoms with van der Waals surface area (Å²) in [6, 6.07) is 4.26.